The summed E-state index contributed by atoms with van der Waals surface area (Å²) in [6.45, 7) is 7.55. The normalized spacial score (nSPS) is 16.2. The predicted octanol–water partition coefficient (Wildman–Crippen LogP) is 4.27. The van der Waals surface area contributed by atoms with Gasteiger partial charge in [0.2, 0.25) is 0 Å². The van der Waals surface area contributed by atoms with Crippen molar-refractivity contribution in [2.24, 2.45) is 0 Å². The summed E-state index contributed by atoms with van der Waals surface area (Å²) in [6, 6.07) is 7.12. The minimum Gasteiger partial charge on any atom is -0.378 e. The zero-order chi connectivity index (χ0) is 21.1. The molecule has 29 heavy (non-hydrogen) atoms. The number of unbranched alkanes of at least 4 members (excludes halogenated alkanes) is 3. The Labute approximate surface area is 184 Å². The summed E-state index contributed by atoms with van der Waals surface area (Å²) < 4.78 is 36.1. The van der Waals surface area contributed by atoms with E-state index < -0.39 is 10.2 Å². The number of benzene rings is 1. The predicted molar refractivity (Wildman–Crippen MR) is 123 cm³/mol. The molecule has 1 aliphatic rings. The lowest BCUT2D eigenvalue weighted by Crippen LogP contribution is -2.43. The van der Waals surface area contributed by atoms with Gasteiger partial charge in [-0.25, -0.2) is 0 Å². The van der Waals surface area contributed by atoms with Crippen LogP contribution in [-0.4, -0.2) is 63.6 Å². The topological polar surface area (TPSA) is 61.9 Å². The summed E-state index contributed by atoms with van der Waals surface area (Å²) in [6.07, 6.45) is 8.23. The van der Waals surface area contributed by atoms with E-state index in [1.165, 1.54) is 23.6 Å². The molecule has 0 atom stereocenters. The van der Waals surface area contributed by atoms with Crippen LogP contribution in [0.2, 0.25) is 0 Å². The monoisotopic (exact) mass is 487 g/mol. The van der Waals surface area contributed by atoms with E-state index in [4.69, 9.17) is 4.74 Å². The highest BCUT2D eigenvalue weighted by molar-refractivity contribution is 9.10. The van der Waals surface area contributed by atoms with Gasteiger partial charge in [-0.15, -0.1) is 6.58 Å². The maximum atomic E-state index is 12.5. The molecule has 1 saturated heterocycles. The molecule has 0 radical (unpaired) electrons. The van der Waals surface area contributed by atoms with E-state index in [2.05, 4.69) is 39.2 Å². The second kappa shape index (κ2) is 12.7. The van der Waals surface area contributed by atoms with E-state index in [0.29, 0.717) is 18.8 Å². The number of hydrogen-bond acceptors (Lipinski definition) is 4. The molecule has 1 aromatic rings. The molecular formula is C21H34BrN3O3S. The maximum Gasteiger partial charge on any atom is 0.301 e. The number of nitrogens with zero attached hydrogens (tertiary/aromatic N) is 2. The van der Waals surface area contributed by atoms with Gasteiger partial charge in [-0.3, -0.25) is 4.72 Å². The van der Waals surface area contributed by atoms with Gasteiger partial charge >= 0.3 is 10.2 Å². The molecule has 1 heterocycles. The van der Waals surface area contributed by atoms with Crippen LogP contribution in [0.3, 0.4) is 0 Å². The maximum absolute atomic E-state index is 12.5. The molecule has 8 heteroatoms. The third-order valence-electron chi connectivity index (χ3n) is 5.06. The lowest BCUT2D eigenvalue weighted by molar-refractivity contribution is 0.0193. The molecule has 6 nitrogen and oxygen atoms in total. The van der Waals surface area contributed by atoms with Crippen LogP contribution in [0.25, 0.3) is 0 Å². The van der Waals surface area contributed by atoms with E-state index in [-0.39, 0.29) is 6.10 Å². The number of anilines is 1. The van der Waals surface area contributed by atoms with Crippen molar-refractivity contribution in [1.82, 2.24) is 9.21 Å². The molecule has 0 unspecified atom stereocenters. The van der Waals surface area contributed by atoms with Gasteiger partial charge in [0, 0.05) is 36.4 Å². The van der Waals surface area contributed by atoms with Crippen molar-refractivity contribution in [3.8, 4) is 0 Å². The van der Waals surface area contributed by atoms with Crippen molar-refractivity contribution >= 4 is 31.8 Å². The third kappa shape index (κ3) is 9.17. The number of piperidine rings is 1. The lowest BCUT2D eigenvalue weighted by atomic mass is 10.1. The van der Waals surface area contributed by atoms with Crippen LogP contribution in [0.5, 0.6) is 0 Å². The SMILES string of the molecule is C=CCN(C)CCCCCCOC1CCN(S(=O)(=O)Nc2ccc(Br)cc2)CC1. The van der Waals surface area contributed by atoms with Gasteiger partial charge in [0.1, 0.15) is 0 Å². The molecule has 0 amide bonds. The molecular weight excluding hydrogens is 454 g/mol. The van der Waals surface area contributed by atoms with E-state index in [0.717, 1.165) is 43.4 Å². The van der Waals surface area contributed by atoms with Crippen LogP contribution >= 0.6 is 15.9 Å². The second-order valence-electron chi connectivity index (χ2n) is 7.55. The first-order valence-corrected chi connectivity index (χ1v) is 12.6. The van der Waals surface area contributed by atoms with E-state index >= 15 is 0 Å². The summed E-state index contributed by atoms with van der Waals surface area (Å²) in [4.78, 5) is 2.27. The Kier molecular flexibility index (Phi) is 10.7. The molecule has 1 aliphatic heterocycles. The fourth-order valence-corrected chi connectivity index (χ4v) is 4.89. The molecule has 0 bridgehead atoms. The quantitative estimate of drug-likeness (QED) is 0.333. The molecule has 2 rings (SSSR count). The number of nitrogens with one attached hydrogen (secondary N) is 1. The van der Waals surface area contributed by atoms with Crippen LogP contribution in [0.15, 0.2) is 41.4 Å². The average Bonchev–Trinajstić information content (AvgIpc) is 2.69. The summed E-state index contributed by atoms with van der Waals surface area (Å²) in [5.41, 5.74) is 0.572. The Morgan fingerprint density at radius 3 is 2.52 bits per heavy atom. The molecule has 0 aliphatic carbocycles. The lowest BCUT2D eigenvalue weighted by Gasteiger charge is -2.31. The second-order valence-corrected chi connectivity index (χ2v) is 10.1. The van der Waals surface area contributed by atoms with Crippen molar-refractivity contribution in [3.63, 3.8) is 0 Å². The van der Waals surface area contributed by atoms with Gasteiger partial charge in [-0.1, -0.05) is 34.8 Å². The largest absolute Gasteiger partial charge is 0.378 e. The molecule has 1 fully saturated rings. The van der Waals surface area contributed by atoms with Gasteiger partial charge in [-0.2, -0.15) is 12.7 Å². The average molecular weight is 488 g/mol. The number of halogens is 1. The summed E-state index contributed by atoms with van der Waals surface area (Å²) >= 11 is 3.35. The first-order valence-electron chi connectivity index (χ1n) is 10.3. The summed E-state index contributed by atoms with van der Waals surface area (Å²) in [7, 11) is -1.40. The smallest absolute Gasteiger partial charge is 0.301 e. The Morgan fingerprint density at radius 1 is 1.21 bits per heavy atom. The number of likely N-dealkylation sites (N-methyl/N-ethyl adjacent to an activating group) is 1. The Balaban J connectivity index is 1.59. The number of rotatable bonds is 13. The standard InChI is InChI=1S/C21H34BrN3O3S/c1-3-14-24(2)15-6-4-5-7-18-28-21-12-16-25(17-13-21)29(26,27)23-20-10-8-19(22)9-11-20/h3,8-11,21,23H,1,4-7,12-18H2,2H3. The van der Waals surface area contributed by atoms with Gasteiger partial charge < -0.3 is 9.64 Å². The minimum absolute atomic E-state index is 0.160. The van der Waals surface area contributed by atoms with Crippen molar-refractivity contribution in [2.45, 2.75) is 44.6 Å². The summed E-state index contributed by atoms with van der Waals surface area (Å²) in [5.74, 6) is 0. The van der Waals surface area contributed by atoms with Crippen LogP contribution in [0.1, 0.15) is 38.5 Å². The highest BCUT2D eigenvalue weighted by Crippen LogP contribution is 2.20. The summed E-state index contributed by atoms with van der Waals surface area (Å²) in [5, 5.41) is 0. The molecule has 1 aromatic carbocycles. The van der Waals surface area contributed by atoms with Crippen molar-refractivity contribution in [1.29, 1.82) is 0 Å². The zero-order valence-corrected chi connectivity index (χ0v) is 19.8. The van der Waals surface area contributed by atoms with E-state index in [1.54, 1.807) is 12.1 Å². The molecule has 0 saturated carbocycles. The van der Waals surface area contributed by atoms with E-state index in [1.807, 2.05) is 18.2 Å². The molecule has 164 valence electrons. The molecule has 0 aromatic heterocycles. The zero-order valence-electron chi connectivity index (χ0n) is 17.4. The van der Waals surface area contributed by atoms with Crippen LogP contribution < -0.4 is 4.72 Å². The Hall–Kier alpha value is -0.930. The molecule has 1 N–H and O–H groups in total. The van der Waals surface area contributed by atoms with Crippen molar-refractivity contribution in [2.75, 3.05) is 44.6 Å². The van der Waals surface area contributed by atoms with Crippen molar-refractivity contribution < 1.29 is 13.2 Å². The Bertz CT molecular complexity index is 704. The first kappa shape index (κ1) is 24.3. The fraction of sp³-hybridized carbons (Fsp3) is 0.619. The van der Waals surface area contributed by atoms with Gasteiger partial charge in [0.05, 0.1) is 6.10 Å². The first-order chi connectivity index (χ1) is 13.9. The molecule has 0 spiro atoms. The third-order valence-corrected chi connectivity index (χ3v) is 7.13. The van der Waals surface area contributed by atoms with Crippen LogP contribution in [-0.2, 0) is 14.9 Å². The van der Waals surface area contributed by atoms with Crippen molar-refractivity contribution in [3.05, 3.63) is 41.4 Å². The van der Waals surface area contributed by atoms with Crippen LogP contribution in [0, 0.1) is 0 Å². The van der Waals surface area contributed by atoms with Gasteiger partial charge in [0.25, 0.3) is 0 Å². The highest BCUT2D eigenvalue weighted by Gasteiger charge is 2.28. The number of hydrogen-bond donors (Lipinski definition) is 1. The minimum atomic E-state index is -3.52. The van der Waals surface area contributed by atoms with Crippen LogP contribution in [0.4, 0.5) is 5.69 Å². The highest BCUT2D eigenvalue weighted by atomic mass is 79.9. The number of ether oxygens (including phenoxy) is 1. The van der Waals surface area contributed by atoms with E-state index in [9.17, 15) is 8.42 Å². The van der Waals surface area contributed by atoms with Gasteiger partial charge in [-0.05, 0) is 63.5 Å². The van der Waals surface area contributed by atoms with Gasteiger partial charge in [0.15, 0.2) is 0 Å². The Morgan fingerprint density at radius 2 is 1.86 bits per heavy atom. The fourth-order valence-electron chi connectivity index (χ4n) is 3.37.